The van der Waals surface area contributed by atoms with Crippen LogP contribution in [-0.2, 0) is 11.0 Å². The number of carbonyl (C=O) groups excluding carboxylic acids is 2. The number of alkyl halides is 3. The first-order chi connectivity index (χ1) is 15.2. The lowest BCUT2D eigenvalue weighted by molar-refractivity contribution is -0.143. The van der Waals surface area contributed by atoms with E-state index in [4.69, 9.17) is 0 Å². The summed E-state index contributed by atoms with van der Waals surface area (Å²) >= 11 is 0. The number of aromatic nitrogens is 2. The standard InChI is InChI=1S/C22H26F4N4O2/c1-2-3-6-11-27-20(31)15-9-12-29(13-10-15)21(32)16-14-28-30(19(16)22(24,25)26)18-8-5-4-7-17(18)23/h4-5,7-8,14-15H,2-3,6,9-13H2,1H3,(H,27,31). The molecule has 1 aromatic carbocycles. The van der Waals surface area contributed by atoms with Gasteiger partial charge >= 0.3 is 6.18 Å². The van der Waals surface area contributed by atoms with Crippen LogP contribution in [0.1, 0.15) is 55.1 Å². The number of likely N-dealkylation sites (tertiary alicyclic amines) is 1. The van der Waals surface area contributed by atoms with E-state index < -0.39 is 34.8 Å². The van der Waals surface area contributed by atoms with Gasteiger partial charge in [-0.2, -0.15) is 18.3 Å². The molecule has 2 amide bonds. The molecule has 3 rings (SSSR count). The Morgan fingerprint density at radius 1 is 1.16 bits per heavy atom. The van der Waals surface area contributed by atoms with Gasteiger partial charge in [-0.15, -0.1) is 0 Å². The predicted molar refractivity (Wildman–Crippen MR) is 110 cm³/mol. The van der Waals surface area contributed by atoms with Gasteiger partial charge in [0.25, 0.3) is 5.91 Å². The molecular weight excluding hydrogens is 428 g/mol. The molecule has 2 aromatic rings. The van der Waals surface area contributed by atoms with Crippen LogP contribution in [-0.4, -0.2) is 46.1 Å². The second-order valence-electron chi connectivity index (χ2n) is 7.83. The van der Waals surface area contributed by atoms with E-state index in [0.29, 0.717) is 24.1 Å². The summed E-state index contributed by atoms with van der Waals surface area (Å²) in [5, 5.41) is 6.55. The second-order valence-corrected chi connectivity index (χ2v) is 7.83. The van der Waals surface area contributed by atoms with Gasteiger partial charge in [-0.1, -0.05) is 31.9 Å². The number of hydrogen-bond donors (Lipinski definition) is 1. The fraction of sp³-hybridized carbons (Fsp3) is 0.500. The van der Waals surface area contributed by atoms with Gasteiger partial charge in [0, 0.05) is 25.6 Å². The van der Waals surface area contributed by atoms with E-state index in [9.17, 15) is 27.2 Å². The van der Waals surface area contributed by atoms with Crippen molar-refractivity contribution in [1.29, 1.82) is 0 Å². The molecule has 1 saturated heterocycles. The van der Waals surface area contributed by atoms with E-state index >= 15 is 0 Å². The van der Waals surface area contributed by atoms with E-state index in [-0.39, 0.29) is 24.9 Å². The van der Waals surface area contributed by atoms with Crippen LogP contribution < -0.4 is 5.32 Å². The first-order valence-corrected chi connectivity index (χ1v) is 10.7. The molecule has 0 radical (unpaired) electrons. The van der Waals surface area contributed by atoms with Crippen molar-refractivity contribution in [2.75, 3.05) is 19.6 Å². The van der Waals surface area contributed by atoms with Crippen molar-refractivity contribution < 1.29 is 27.2 Å². The molecule has 1 aromatic heterocycles. The van der Waals surface area contributed by atoms with Gasteiger partial charge in [0.05, 0.1) is 11.8 Å². The molecule has 10 heteroatoms. The number of halogens is 4. The Kier molecular flexibility index (Phi) is 7.52. The molecule has 32 heavy (non-hydrogen) atoms. The fourth-order valence-corrected chi connectivity index (χ4v) is 3.83. The number of unbranched alkanes of at least 4 members (excludes halogenated alkanes) is 2. The Hall–Kier alpha value is -2.91. The third-order valence-electron chi connectivity index (χ3n) is 5.58. The number of rotatable bonds is 7. The molecule has 2 heterocycles. The number of amides is 2. The maximum atomic E-state index is 14.1. The summed E-state index contributed by atoms with van der Waals surface area (Å²) in [6.45, 7) is 2.98. The molecule has 174 valence electrons. The van der Waals surface area contributed by atoms with Crippen LogP contribution in [0.2, 0.25) is 0 Å². The van der Waals surface area contributed by atoms with Crippen LogP contribution >= 0.6 is 0 Å². The Morgan fingerprint density at radius 2 is 1.84 bits per heavy atom. The summed E-state index contributed by atoms with van der Waals surface area (Å²) < 4.78 is 56.0. The lowest BCUT2D eigenvalue weighted by Crippen LogP contribution is -2.43. The van der Waals surface area contributed by atoms with Gasteiger partial charge in [0.1, 0.15) is 11.5 Å². The zero-order valence-electron chi connectivity index (χ0n) is 17.8. The molecule has 0 atom stereocenters. The van der Waals surface area contributed by atoms with Crippen molar-refractivity contribution in [3.63, 3.8) is 0 Å². The highest BCUT2D eigenvalue weighted by atomic mass is 19.4. The summed E-state index contributed by atoms with van der Waals surface area (Å²) in [5.41, 5.74) is -2.34. The van der Waals surface area contributed by atoms with E-state index in [1.165, 1.54) is 17.0 Å². The van der Waals surface area contributed by atoms with Crippen LogP contribution in [0.5, 0.6) is 0 Å². The molecule has 1 aliphatic rings. The summed E-state index contributed by atoms with van der Waals surface area (Å²) in [4.78, 5) is 26.5. The monoisotopic (exact) mass is 454 g/mol. The van der Waals surface area contributed by atoms with Gasteiger partial charge in [-0.25, -0.2) is 9.07 Å². The van der Waals surface area contributed by atoms with Crippen LogP contribution in [0.25, 0.3) is 5.69 Å². The lowest BCUT2D eigenvalue weighted by Gasteiger charge is -2.31. The zero-order chi connectivity index (χ0) is 23.3. The molecular formula is C22H26F4N4O2. The fourth-order valence-electron chi connectivity index (χ4n) is 3.83. The molecule has 0 aliphatic carbocycles. The Bertz CT molecular complexity index is 950. The van der Waals surface area contributed by atoms with E-state index in [1.54, 1.807) is 0 Å². The van der Waals surface area contributed by atoms with Crippen LogP contribution in [0.4, 0.5) is 17.6 Å². The van der Waals surface area contributed by atoms with Crippen molar-refractivity contribution in [3.05, 3.63) is 47.5 Å². The van der Waals surface area contributed by atoms with Gasteiger partial charge in [0.15, 0.2) is 5.69 Å². The molecule has 0 saturated carbocycles. The van der Waals surface area contributed by atoms with E-state index in [1.807, 2.05) is 0 Å². The predicted octanol–water partition coefficient (Wildman–Crippen LogP) is 4.19. The highest BCUT2D eigenvalue weighted by molar-refractivity contribution is 5.95. The summed E-state index contributed by atoms with van der Waals surface area (Å²) in [6, 6.07) is 4.93. The van der Waals surface area contributed by atoms with Gasteiger partial charge in [-0.3, -0.25) is 9.59 Å². The van der Waals surface area contributed by atoms with Crippen LogP contribution in [0.3, 0.4) is 0 Å². The minimum Gasteiger partial charge on any atom is -0.356 e. The maximum Gasteiger partial charge on any atom is 0.434 e. The number of piperidine rings is 1. The highest BCUT2D eigenvalue weighted by Crippen LogP contribution is 2.35. The van der Waals surface area contributed by atoms with Crippen LogP contribution in [0, 0.1) is 11.7 Å². The number of para-hydroxylation sites is 1. The van der Waals surface area contributed by atoms with Crippen molar-refractivity contribution in [2.24, 2.45) is 5.92 Å². The maximum absolute atomic E-state index is 14.1. The number of benzene rings is 1. The third kappa shape index (κ3) is 5.28. The third-order valence-corrected chi connectivity index (χ3v) is 5.58. The van der Waals surface area contributed by atoms with Gasteiger partial charge < -0.3 is 10.2 Å². The lowest BCUT2D eigenvalue weighted by atomic mass is 9.95. The van der Waals surface area contributed by atoms with Gasteiger partial charge in [-0.05, 0) is 31.4 Å². The number of nitrogens with zero attached hydrogens (tertiary/aromatic N) is 3. The minimum absolute atomic E-state index is 0.0865. The average molecular weight is 454 g/mol. The number of carbonyl (C=O) groups is 2. The Morgan fingerprint density at radius 3 is 2.47 bits per heavy atom. The normalized spacial score (nSPS) is 15.1. The molecule has 1 fully saturated rings. The Labute approximate surface area is 183 Å². The number of nitrogens with one attached hydrogen (secondary N) is 1. The minimum atomic E-state index is -4.92. The van der Waals surface area contributed by atoms with Crippen LogP contribution in [0.15, 0.2) is 30.5 Å². The largest absolute Gasteiger partial charge is 0.434 e. The number of hydrogen-bond acceptors (Lipinski definition) is 3. The SMILES string of the molecule is CCCCCNC(=O)C1CCN(C(=O)c2cnn(-c3ccccc3F)c2C(F)(F)F)CC1. The molecule has 0 spiro atoms. The first-order valence-electron chi connectivity index (χ1n) is 10.7. The van der Waals surface area contributed by atoms with Crippen molar-refractivity contribution in [3.8, 4) is 5.69 Å². The molecule has 1 N–H and O–H groups in total. The molecule has 0 unspecified atom stereocenters. The zero-order valence-corrected chi connectivity index (χ0v) is 17.8. The molecule has 0 bridgehead atoms. The van der Waals surface area contributed by atoms with Gasteiger partial charge in [0.2, 0.25) is 5.91 Å². The first kappa shape index (κ1) is 23.7. The topological polar surface area (TPSA) is 67.2 Å². The van der Waals surface area contributed by atoms with E-state index in [0.717, 1.165) is 37.6 Å². The summed E-state index contributed by atoms with van der Waals surface area (Å²) in [6.07, 6.45) is -0.391. The summed E-state index contributed by atoms with van der Waals surface area (Å²) in [7, 11) is 0. The second kappa shape index (κ2) is 10.1. The average Bonchev–Trinajstić information content (AvgIpc) is 3.22. The van der Waals surface area contributed by atoms with Crippen molar-refractivity contribution in [2.45, 2.75) is 45.2 Å². The summed E-state index contributed by atoms with van der Waals surface area (Å²) in [5.74, 6) is -2.08. The quantitative estimate of drug-likeness (QED) is 0.504. The molecule has 1 aliphatic heterocycles. The highest BCUT2D eigenvalue weighted by Gasteiger charge is 2.42. The van der Waals surface area contributed by atoms with Crippen molar-refractivity contribution in [1.82, 2.24) is 20.0 Å². The van der Waals surface area contributed by atoms with Crippen molar-refractivity contribution >= 4 is 11.8 Å². The smallest absolute Gasteiger partial charge is 0.356 e. The Balaban J connectivity index is 1.72. The van der Waals surface area contributed by atoms with E-state index in [2.05, 4.69) is 17.3 Å². The molecule has 6 nitrogen and oxygen atoms in total.